The Morgan fingerprint density at radius 2 is 1.83 bits per heavy atom. The number of aliphatic hydroxyl groups excluding tert-OH is 1. The topological polar surface area (TPSA) is 71.4 Å². The molecule has 0 aromatic heterocycles. The number of aliphatic imine (C=N–C) groups is 1. The first-order chi connectivity index (χ1) is 17.6. The van der Waals surface area contributed by atoms with Gasteiger partial charge in [-0.15, -0.1) is 6.58 Å². The molecule has 1 N–H and O–H groups in total. The predicted octanol–water partition coefficient (Wildman–Crippen LogP) is 4.82. The van der Waals surface area contributed by atoms with E-state index in [1.54, 1.807) is 6.08 Å². The van der Waals surface area contributed by atoms with Crippen molar-refractivity contribution in [3.05, 3.63) is 114 Å². The average Bonchev–Trinajstić information content (AvgIpc) is 3.26. The highest BCUT2D eigenvalue weighted by atomic mass is 16.5. The van der Waals surface area contributed by atoms with Crippen molar-refractivity contribution in [2.75, 3.05) is 13.2 Å². The highest BCUT2D eigenvalue weighted by molar-refractivity contribution is 6.01. The van der Waals surface area contributed by atoms with E-state index in [0.717, 1.165) is 22.3 Å². The Labute approximate surface area is 211 Å². The Kier molecular flexibility index (Phi) is 6.87. The number of carbonyl (C=O) groups excluding carboxylic acids is 1. The third-order valence-electron chi connectivity index (χ3n) is 6.66. The van der Waals surface area contributed by atoms with Crippen molar-refractivity contribution in [1.29, 1.82) is 0 Å². The van der Waals surface area contributed by atoms with E-state index >= 15 is 0 Å². The molecule has 6 heteroatoms. The Balaban J connectivity index is 1.53. The van der Waals surface area contributed by atoms with Gasteiger partial charge in [-0.05, 0) is 35.4 Å². The first-order valence-electron chi connectivity index (χ1n) is 12.3. The number of ether oxygens (including phenoxy) is 2. The lowest BCUT2D eigenvalue weighted by Gasteiger charge is -2.31. The van der Waals surface area contributed by atoms with E-state index in [1.165, 1.54) is 0 Å². The first kappa shape index (κ1) is 23.8. The van der Waals surface area contributed by atoms with Crippen molar-refractivity contribution in [2.45, 2.75) is 37.6 Å². The van der Waals surface area contributed by atoms with Crippen LogP contribution < -0.4 is 4.74 Å². The normalized spacial score (nSPS) is 20.6. The maximum atomic E-state index is 14.2. The number of amides is 1. The summed E-state index contributed by atoms with van der Waals surface area (Å²) in [7, 11) is 0. The molecule has 0 saturated heterocycles. The number of hydrogen-bond acceptors (Lipinski definition) is 5. The van der Waals surface area contributed by atoms with Crippen LogP contribution in [0.1, 0.15) is 41.2 Å². The Hall–Kier alpha value is -3.90. The van der Waals surface area contributed by atoms with Crippen LogP contribution in [0.3, 0.4) is 0 Å². The maximum absolute atomic E-state index is 14.2. The van der Waals surface area contributed by atoms with Gasteiger partial charge in [-0.3, -0.25) is 4.79 Å². The van der Waals surface area contributed by atoms with Crippen molar-refractivity contribution in [1.82, 2.24) is 4.90 Å². The zero-order valence-corrected chi connectivity index (χ0v) is 20.2. The molecule has 0 unspecified atom stereocenters. The molecule has 184 valence electrons. The lowest BCUT2D eigenvalue weighted by Crippen LogP contribution is -2.47. The zero-order chi connectivity index (χ0) is 25.0. The predicted molar refractivity (Wildman–Crippen MR) is 139 cm³/mol. The van der Waals surface area contributed by atoms with Gasteiger partial charge in [-0.25, -0.2) is 4.99 Å². The molecule has 2 aliphatic heterocycles. The van der Waals surface area contributed by atoms with Crippen molar-refractivity contribution in [3.8, 4) is 5.75 Å². The number of fused-ring (bicyclic) bond motifs is 3. The summed E-state index contributed by atoms with van der Waals surface area (Å²) in [6.45, 7) is 5.47. The van der Waals surface area contributed by atoms with Crippen molar-refractivity contribution >= 4 is 11.8 Å². The molecule has 2 atom stereocenters. The van der Waals surface area contributed by atoms with Gasteiger partial charge < -0.3 is 19.5 Å². The second-order valence-corrected chi connectivity index (χ2v) is 9.13. The Morgan fingerprint density at radius 3 is 2.58 bits per heavy atom. The van der Waals surface area contributed by atoms with Crippen LogP contribution in [0.4, 0.5) is 0 Å². The van der Waals surface area contributed by atoms with E-state index in [1.807, 2.05) is 77.7 Å². The summed E-state index contributed by atoms with van der Waals surface area (Å²) in [6, 6.07) is 25.6. The van der Waals surface area contributed by atoms with Gasteiger partial charge in [-0.1, -0.05) is 60.7 Å². The Morgan fingerprint density at radius 1 is 1.08 bits per heavy atom. The minimum absolute atomic E-state index is 0.0635. The molecule has 3 aromatic rings. The number of benzene rings is 3. The fraction of sp³-hybridized carbons (Fsp3) is 0.267. The van der Waals surface area contributed by atoms with Gasteiger partial charge in [0.1, 0.15) is 5.75 Å². The third-order valence-corrected chi connectivity index (χ3v) is 6.66. The summed E-state index contributed by atoms with van der Waals surface area (Å²) < 4.78 is 12.2. The molecule has 0 bridgehead atoms. The minimum Gasteiger partial charge on any atom is -0.494 e. The molecular weight excluding hydrogens is 452 g/mol. The molecule has 6 nitrogen and oxygen atoms in total. The fourth-order valence-electron chi connectivity index (χ4n) is 4.91. The monoisotopic (exact) mass is 482 g/mol. The van der Waals surface area contributed by atoms with E-state index < -0.39 is 11.6 Å². The summed E-state index contributed by atoms with van der Waals surface area (Å²) in [6.07, 6.45) is 2.15. The molecule has 3 aromatic carbocycles. The second-order valence-electron chi connectivity index (χ2n) is 9.13. The van der Waals surface area contributed by atoms with Crippen LogP contribution in [0.25, 0.3) is 0 Å². The first-order valence-corrected chi connectivity index (χ1v) is 12.3. The molecule has 0 radical (unpaired) electrons. The number of nitrogens with zero attached hydrogens (tertiary/aromatic N) is 2. The molecule has 2 heterocycles. The highest BCUT2D eigenvalue weighted by Crippen LogP contribution is 2.47. The number of carbonyl (C=O) groups is 1. The average molecular weight is 483 g/mol. The van der Waals surface area contributed by atoms with Crippen LogP contribution in [-0.2, 0) is 22.6 Å². The number of rotatable bonds is 9. The lowest BCUT2D eigenvalue weighted by atomic mass is 9.84. The van der Waals surface area contributed by atoms with Gasteiger partial charge in [-0.2, -0.15) is 0 Å². The minimum atomic E-state index is -1.13. The Bertz CT molecular complexity index is 1260. The fourth-order valence-corrected chi connectivity index (χ4v) is 4.91. The van der Waals surface area contributed by atoms with Gasteiger partial charge >= 0.3 is 0 Å². The molecule has 0 saturated carbocycles. The van der Waals surface area contributed by atoms with Gasteiger partial charge in [0, 0.05) is 43.7 Å². The maximum Gasteiger partial charge on any atom is 0.255 e. The van der Waals surface area contributed by atoms with Crippen LogP contribution in [0.5, 0.6) is 5.75 Å². The van der Waals surface area contributed by atoms with E-state index in [9.17, 15) is 4.79 Å². The van der Waals surface area contributed by atoms with Crippen LogP contribution in [0, 0.1) is 0 Å². The second kappa shape index (κ2) is 10.4. The molecule has 36 heavy (non-hydrogen) atoms. The summed E-state index contributed by atoms with van der Waals surface area (Å²) in [4.78, 5) is 21.1. The molecule has 2 aliphatic rings. The van der Waals surface area contributed by atoms with E-state index in [2.05, 4.69) is 12.6 Å². The van der Waals surface area contributed by atoms with E-state index in [4.69, 9.17) is 19.6 Å². The molecule has 0 fully saturated rings. The van der Waals surface area contributed by atoms with Crippen LogP contribution in [0.2, 0.25) is 0 Å². The van der Waals surface area contributed by atoms with Crippen molar-refractivity contribution in [2.24, 2.45) is 4.99 Å². The summed E-state index contributed by atoms with van der Waals surface area (Å²) in [5.74, 6) is 1.08. The highest BCUT2D eigenvalue weighted by Gasteiger charge is 2.56. The molecule has 5 rings (SSSR count). The quantitative estimate of drug-likeness (QED) is 0.351. The molecular formula is C30H30N2O4. The summed E-state index contributed by atoms with van der Waals surface area (Å²) >= 11 is 0. The van der Waals surface area contributed by atoms with Crippen molar-refractivity contribution < 1.29 is 19.4 Å². The van der Waals surface area contributed by atoms with Gasteiger partial charge in [0.05, 0.1) is 6.61 Å². The molecule has 1 amide bonds. The largest absolute Gasteiger partial charge is 0.494 e. The number of hydrogen-bond donors (Lipinski definition) is 1. The van der Waals surface area contributed by atoms with Gasteiger partial charge in [0.15, 0.2) is 11.6 Å². The molecule has 0 aliphatic carbocycles. The van der Waals surface area contributed by atoms with Crippen LogP contribution in [0.15, 0.2) is 96.5 Å². The third kappa shape index (κ3) is 4.52. The van der Waals surface area contributed by atoms with E-state index in [0.29, 0.717) is 44.2 Å². The van der Waals surface area contributed by atoms with Gasteiger partial charge in [0.25, 0.3) is 5.91 Å². The number of aliphatic hydroxyl groups is 1. The van der Waals surface area contributed by atoms with Gasteiger partial charge in [0.2, 0.25) is 5.90 Å². The van der Waals surface area contributed by atoms with Crippen LogP contribution >= 0.6 is 0 Å². The SMILES string of the molecule is C=CC[C@@]12N=C(c3ccc(OCCCO)cc3)O[C@@H]1c1ccccc1CN(Cc1ccccc1)C2=O. The van der Waals surface area contributed by atoms with Crippen molar-refractivity contribution in [3.63, 3.8) is 0 Å². The lowest BCUT2D eigenvalue weighted by molar-refractivity contribution is -0.140. The summed E-state index contributed by atoms with van der Waals surface area (Å²) in [5.41, 5.74) is 2.75. The van der Waals surface area contributed by atoms with E-state index in [-0.39, 0.29) is 12.5 Å². The van der Waals surface area contributed by atoms with Crippen LogP contribution in [-0.4, -0.2) is 40.6 Å². The molecule has 0 spiro atoms. The summed E-state index contributed by atoms with van der Waals surface area (Å²) in [5, 5.41) is 8.96. The smallest absolute Gasteiger partial charge is 0.255 e. The zero-order valence-electron chi connectivity index (χ0n) is 20.2. The standard InChI is InChI=1S/C30H30N2O4/c1-2-17-30-27(36-28(31-30)23-13-15-25(16-14-23)35-19-8-18-33)26-12-7-6-11-24(26)21-32(29(30)34)20-22-9-4-3-5-10-22/h2-7,9-16,27,33H,1,8,17-21H2/t27-,30-/m1/s1.